The third-order valence-electron chi connectivity index (χ3n) is 6.16. The van der Waals surface area contributed by atoms with E-state index in [4.69, 9.17) is 5.73 Å². The molecule has 3 aliphatic carbocycles. The van der Waals surface area contributed by atoms with Gasteiger partial charge in [0.25, 0.3) is 0 Å². The second-order valence-electron chi connectivity index (χ2n) is 7.02. The van der Waals surface area contributed by atoms with E-state index in [9.17, 15) is 0 Å². The summed E-state index contributed by atoms with van der Waals surface area (Å²) in [6.45, 7) is 0. The minimum atomic E-state index is 0.259. The summed E-state index contributed by atoms with van der Waals surface area (Å²) in [7, 11) is 0. The highest BCUT2D eigenvalue weighted by Gasteiger charge is 2.55. The molecule has 20 heavy (non-hydrogen) atoms. The van der Waals surface area contributed by atoms with Crippen molar-refractivity contribution in [2.45, 2.75) is 38.1 Å². The first-order valence-corrected chi connectivity index (χ1v) is 8.13. The van der Waals surface area contributed by atoms with Gasteiger partial charge in [-0.1, -0.05) is 36.8 Å². The minimum Gasteiger partial charge on any atom is -0.324 e. The average Bonchev–Trinajstić information content (AvgIpc) is 2.84. The van der Waals surface area contributed by atoms with Crippen LogP contribution in [0.15, 0.2) is 30.3 Å². The molecule has 0 spiro atoms. The Morgan fingerprint density at radius 2 is 1.70 bits per heavy atom. The number of aryl methyl sites for hydroxylation is 2. The van der Waals surface area contributed by atoms with Crippen LogP contribution in [0.5, 0.6) is 0 Å². The topological polar surface area (TPSA) is 26.0 Å². The zero-order valence-electron chi connectivity index (χ0n) is 11.8. The summed E-state index contributed by atoms with van der Waals surface area (Å²) in [5, 5.41) is 2.96. The Hall–Kier alpha value is -1.34. The van der Waals surface area contributed by atoms with Crippen molar-refractivity contribution in [2.75, 3.05) is 0 Å². The molecule has 2 aromatic rings. The molecule has 0 bridgehead atoms. The zero-order valence-corrected chi connectivity index (χ0v) is 11.8. The predicted octanol–water partition coefficient (Wildman–Crippen LogP) is 3.98. The van der Waals surface area contributed by atoms with Gasteiger partial charge >= 0.3 is 0 Å². The molecular weight excluding hydrogens is 242 g/mol. The molecule has 2 fully saturated rings. The lowest BCUT2D eigenvalue weighted by atomic mass is 9.91. The van der Waals surface area contributed by atoms with Crippen LogP contribution in [0.4, 0.5) is 0 Å². The maximum absolute atomic E-state index is 6.68. The Morgan fingerprint density at radius 3 is 2.50 bits per heavy atom. The van der Waals surface area contributed by atoms with Crippen molar-refractivity contribution >= 4 is 10.8 Å². The van der Waals surface area contributed by atoms with Crippen LogP contribution in [0.3, 0.4) is 0 Å². The van der Waals surface area contributed by atoms with E-state index in [-0.39, 0.29) is 6.04 Å². The predicted molar refractivity (Wildman–Crippen MR) is 82.6 cm³/mol. The maximum Gasteiger partial charge on any atom is 0.0335 e. The van der Waals surface area contributed by atoms with Gasteiger partial charge in [0.05, 0.1) is 0 Å². The Balaban J connectivity index is 1.63. The van der Waals surface area contributed by atoms with E-state index in [2.05, 4.69) is 30.3 Å². The van der Waals surface area contributed by atoms with Gasteiger partial charge < -0.3 is 5.73 Å². The van der Waals surface area contributed by atoms with Gasteiger partial charge in [0.15, 0.2) is 0 Å². The first-order valence-electron chi connectivity index (χ1n) is 8.13. The van der Waals surface area contributed by atoms with Gasteiger partial charge in [-0.05, 0) is 70.9 Å². The van der Waals surface area contributed by atoms with Gasteiger partial charge in [-0.25, -0.2) is 0 Å². The Labute approximate surface area is 120 Å². The van der Waals surface area contributed by atoms with Gasteiger partial charge in [0.2, 0.25) is 0 Å². The SMILES string of the molecule is NC(c1ccc2c3c(cccc13)CC2)C1C2CCCC21. The van der Waals surface area contributed by atoms with Crippen LogP contribution in [-0.2, 0) is 12.8 Å². The van der Waals surface area contributed by atoms with Crippen LogP contribution < -0.4 is 5.73 Å². The molecule has 0 aliphatic heterocycles. The molecule has 0 radical (unpaired) electrons. The van der Waals surface area contributed by atoms with E-state index in [1.807, 2.05) is 0 Å². The van der Waals surface area contributed by atoms with E-state index in [0.29, 0.717) is 0 Å². The largest absolute Gasteiger partial charge is 0.324 e. The fourth-order valence-electron chi connectivity index (χ4n) is 5.18. The monoisotopic (exact) mass is 263 g/mol. The molecule has 3 atom stereocenters. The van der Waals surface area contributed by atoms with E-state index in [0.717, 1.165) is 17.8 Å². The molecule has 1 heteroatoms. The molecule has 2 saturated carbocycles. The van der Waals surface area contributed by atoms with Gasteiger partial charge in [-0.15, -0.1) is 0 Å². The van der Waals surface area contributed by atoms with Crippen LogP contribution in [0, 0.1) is 17.8 Å². The maximum atomic E-state index is 6.68. The van der Waals surface area contributed by atoms with Crippen molar-refractivity contribution in [3.63, 3.8) is 0 Å². The molecule has 0 aromatic heterocycles. The van der Waals surface area contributed by atoms with Crippen molar-refractivity contribution in [3.05, 3.63) is 47.0 Å². The fourth-order valence-corrected chi connectivity index (χ4v) is 5.18. The molecule has 3 aliphatic rings. The molecule has 0 heterocycles. The Morgan fingerprint density at radius 1 is 0.950 bits per heavy atom. The molecule has 2 N–H and O–H groups in total. The third kappa shape index (κ3) is 1.37. The molecule has 102 valence electrons. The standard InChI is InChI=1S/C19H21N/c20-19(18-13-5-2-6-14(13)18)16-10-9-12-8-7-11-3-1-4-15(16)17(11)12/h1,3-4,9-10,13-14,18-19H,2,5-8,20H2. The van der Waals surface area contributed by atoms with Crippen LogP contribution in [-0.4, -0.2) is 0 Å². The molecule has 0 saturated heterocycles. The summed E-state index contributed by atoms with van der Waals surface area (Å²) in [4.78, 5) is 0. The number of nitrogens with two attached hydrogens (primary N) is 1. The van der Waals surface area contributed by atoms with Gasteiger partial charge in [0, 0.05) is 6.04 Å². The summed E-state index contributed by atoms with van der Waals surface area (Å²) >= 11 is 0. The Kier molecular flexibility index (Phi) is 2.18. The van der Waals surface area contributed by atoms with Crippen molar-refractivity contribution in [1.82, 2.24) is 0 Å². The second-order valence-corrected chi connectivity index (χ2v) is 7.02. The summed E-state index contributed by atoms with van der Waals surface area (Å²) in [5.74, 6) is 2.64. The van der Waals surface area contributed by atoms with E-state index in [1.165, 1.54) is 59.6 Å². The summed E-state index contributed by atoms with van der Waals surface area (Å²) in [6, 6.07) is 11.7. The molecule has 3 unspecified atom stereocenters. The zero-order chi connectivity index (χ0) is 13.3. The van der Waals surface area contributed by atoms with Crippen molar-refractivity contribution in [2.24, 2.45) is 23.5 Å². The minimum absolute atomic E-state index is 0.259. The van der Waals surface area contributed by atoms with Crippen LogP contribution in [0.25, 0.3) is 10.8 Å². The fraction of sp³-hybridized carbons (Fsp3) is 0.474. The number of fused-ring (bicyclic) bond motifs is 1. The Bertz CT molecular complexity index is 682. The van der Waals surface area contributed by atoms with Crippen molar-refractivity contribution in [1.29, 1.82) is 0 Å². The summed E-state index contributed by atoms with van der Waals surface area (Å²) < 4.78 is 0. The molecular formula is C19H21N. The number of benzene rings is 2. The van der Waals surface area contributed by atoms with Crippen molar-refractivity contribution < 1.29 is 0 Å². The van der Waals surface area contributed by atoms with Crippen LogP contribution >= 0.6 is 0 Å². The highest BCUT2D eigenvalue weighted by Crippen LogP contribution is 2.62. The normalized spacial score (nSPS) is 31.6. The lowest BCUT2D eigenvalue weighted by Crippen LogP contribution is -2.16. The van der Waals surface area contributed by atoms with Gasteiger partial charge in [-0.2, -0.15) is 0 Å². The highest BCUT2D eigenvalue weighted by atomic mass is 14.7. The number of hydrogen-bond donors (Lipinski definition) is 1. The van der Waals surface area contributed by atoms with E-state index in [1.54, 1.807) is 0 Å². The van der Waals surface area contributed by atoms with Crippen molar-refractivity contribution in [3.8, 4) is 0 Å². The molecule has 0 amide bonds. The lowest BCUT2D eigenvalue weighted by Gasteiger charge is -2.17. The third-order valence-corrected chi connectivity index (χ3v) is 6.16. The second kappa shape index (κ2) is 3.85. The van der Waals surface area contributed by atoms with Gasteiger partial charge in [0.1, 0.15) is 0 Å². The molecule has 5 rings (SSSR count). The van der Waals surface area contributed by atoms with E-state index >= 15 is 0 Å². The first kappa shape index (κ1) is 11.3. The summed E-state index contributed by atoms with van der Waals surface area (Å²) in [5.41, 5.74) is 11.1. The number of hydrogen-bond acceptors (Lipinski definition) is 1. The molecule has 2 aromatic carbocycles. The quantitative estimate of drug-likeness (QED) is 0.871. The highest BCUT2D eigenvalue weighted by molar-refractivity contribution is 5.93. The summed E-state index contributed by atoms with van der Waals surface area (Å²) in [6.07, 6.45) is 6.69. The van der Waals surface area contributed by atoms with E-state index < -0.39 is 0 Å². The van der Waals surface area contributed by atoms with Crippen LogP contribution in [0.2, 0.25) is 0 Å². The average molecular weight is 263 g/mol. The van der Waals surface area contributed by atoms with Crippen LogP contribution in [0.1, 0.15) is 42.0 Å². The molecule has 1 nitrogen and oxygen atoms in total. The smallest absolute Gasteiger partial charge is 0.0335 e. The first-order chi connectivity index (χ1) is 9.84. The van der Waals surface area contributed by atoms with Gasteiger partial charge in [-0.3, -0.25) is 0 Å². The number of rotatable bonds is 2. The lowest BCUT2D eigenvalue weighted by molar-refractivity contribution is 0.504.